The van der Waals surface area contributed by atoms with Crippen molar-refractivity contribution in [3.05, 3.63) is 35.4 Å². The number of hydrogen-bond acceptors (Lipinski definition) is 3. The molecular formula is C13H17F2N3S. The molecule has 3 nitrogen and oxygen atoms in total. The second-order valence-corrected chi connectivity index (χ2v) is 5.26. The molecule has 1 fully saturated rings. The lowest BCUT2D eigenvalue weighted by Crippen LogP contribution is -2.48. The van der Waals surface area contributed by atoms with Gasteiger partial charge in [0.25, 0.3) is 0 Å². The molecule has 1 aromatic carbocycles. The minimum Gasteiger partial charge on any atom is -0.392 e. The van der Waals surface area contributed by atoms with Gasteiger partial charge in [-0.3, -0.25) is 9.80 Å². The standard InChI is InChI=1S/C13H17F2N3S/c14-11-3-1-2-10(13(11)15)8-17-4-6-18(7-5-17)9-12(16)19/h1-3H,4-9H2,(H2,16,19). The van der Waals surface area contributed by atoms with Gasteiger partial charge in [0.15, 0.2) is 11.6 Å². The fraction of sp³-hybridized carbons (Fsp3) is 0.462. The monoisotopic (exact) mass is 285 g/mol. The summed E-state index contributed by atoms with van der Waals surface area (Å²) in [5.41, 5.74) is 5.91. The molecule has 6 heteroatoms. The average Bonchev–Trinajstić information content (AvgIpc) is 2.37. The Hall–Kier alpha value is -1.11. The molecule has 1 aromatic rings. The van der Waals surface area contributed by atoms with E-state index < -0.39 is 11.6 Å². The Bertz CT molecular complexity index is 459. The van der Waals surface area contributed by atoms with Gasteiger partial charge in [-0.2, -0.15) is 0 Å². The molecule has 1 saturated heterocycles. The number of nitrogens with two attached hydrogens (primary N) is 1. The van der Waals surface area contributed by atoms with Crippen LogP contribution in [-0.4, -0.2) is 47.5 Å². The molecule has 1 aliphatic heterocycles. The van der Waals surface area contributed by atoms with Crippen LogP contribution in [0.25, 0.3) is 0 Å². The third-order valence-electron chi connectivity index (χ3n) is 3.27. The van der Waals surface area contributed by atoms with Crippen molar-refractivity contribution < 1.29 is 8.78 Å². The van der Waals surface area contributed by atoms with E-state index in [1.165, 1.54) is 6.07 Å². The van der Waals surface area contributed by atoms with Crippen LogP contribution in [-0.2, 0) is 6.54 Å². The Labute approximate surface area is 117 Å². The molecule has 0 amide bonds. The van der Waals surface area contributed by atoms with E-state index in [9.17, 15) is 8.78 Å². The van der Waals surface area contributed by atoms with Gasteiger partial charge in [0.1, 0.15) is 0 Å². The molecule has 0 spiro atoms. The van der Waals surface area contributed by atoms with Gasteiger partial charge in [-0.15, -0.1) is 0 Å². The highest BCUT2D eigenvalue weighted by atomic mass is 32.1. The summed E-state index contributed by atoms with van der Waals surface area (Å²) < 4.78 is 26.7. The zero-order valence-corrected chi connectivity index (χ0v) is 11.4. The summed E-state index contributed by atoms with van der Waals surface area (Å²) in [5.74, 6) is -1.53. The van der Waals surface area contributed by atoms with Crippen molar-refractivity contribution in [2.24, 2.45) is 5.73 Å². The predicted octanol–water partition coefficient (Wildman–Crippen LogP) is 1.37. The van der Waals surface area contributed by atoms with E-state index >= 15 is 0 Å². The minimum absolute atomic E-state index is 0.405. The first-order valence-electron chi connectivity index (χ1n) is 6.22. The van der Waals surface area contributed by atoms with E-state index in [-0.39, 0.29) is 0 Å². The second kappa shape index (κ2) is 6.36. The summed E-state index contributed by atoms with van der Waals surface area (Å²) in [4.78, 5) is 4.76. The van der Waals surface area contributed by atoms with Crippen LogP contribution in [0.3, 0.4) is 0 Å². The molecule has 0 bridgehead atoms. The Morgan fingerprint density at radius 2 is 1.79 bits per heavy atom. The van der Waals surface area contributed by atoms with E-state index in [1.54, 1.807) is 6.07 Å². The molecule has 19 heavy (non-hydrogen) atoms. The largest absolute Gasteiger partial charge is 0.392 e. The van der Waals surface area contributed by atoms with Gasteiger partial charge in [0.05, 0.1) is 4.99 Å². The SMILES string of the molecule is NC(=S)CN1CCN(Cc2cccc(F)c2F)CC1. The fourth-order valence-corrected chi connectivity index (χ4v) is 2.42. The summed E-state index contributed by atoms with van der Waals surface area (Å²) in [6, 6.07) is 4.30. The lowest BCUT2D eigenvalue weighted by atomic mass is 10.1. The zero-order valence-electron chi connectivity index (χ0n) is 10.6. The van der Waals surface area contributed by atoms with Gasteiger partial charge < -0.3 is 5.73 Å². The molecule has 1 aliphatic rings. The van der Waals surface area contributed by atoms with Gasteiger partial charge in [-0.1, -0.05) is 24.4 Å². The summed E-state index contributed by atoms with van der Waals surface area (Å²) in [7, 11) is 0. The summed E-state index contributed by atoms with van der Waals surface area (Å²) in [6.07, 6.45) is 0. The second-order valence-electron chi connectivity index (χ2n) is 4.73. The number of piperazine rings is 1. The van der Waals surface area contributed by atoms with E-state index in [0.29, 0.717) is 23.6 Å². The first-order chi connectivity index (χ1) is 9.06. The van der Waals surface area contributed by atoms with Crippen LogP contribution in [0.2, 0.25) is 0 Å². The number of hydrogen-bond donors (Lipinski definition) is 1. The van der Waals surface area contributed by atoms with Crippen molar-refractivity contribution >= 4 is 17.2 Å². The highest BCUT2D eigenvalue weighted by Crippen LogP contribution is 2.14. The Balaban J connectivity index is 1.89. The Morgan fingerprint density at radius 1 is 1.16 bits per heavy atom. The van der Waals surface area contributed by atoms with E-state index in [2.05, 4.69) is 9.80 Å². The van der Waals surface area contributed by atoms with E-state index in [1.807, 2.05) is 0 Å². The van der Waals surface area contributed by atoms with Gasteiger partial charge in [-0.05, 0) is 6.07 Å². The summed E-state index contributed by atoms with van der Waals surface area (Å²) >= 11 is 4.87. The molecule has 0 atom stereocenters. The minimum atomic E-state index is -0.787. The first kappa shape index (κ1) is 14.3. The van der Waals surface area contributed by atoms with Gasteiger partial charge in [-0.25, -0.2) is 8.78 Å². The third kappa shape index (κ3) is 3.92. The van der Waals surface area contributed by atoms with E-state index in [0.717, 1.165) is 32.2 Å². The molecule has 2 N–H and O–H groups in total. The third-order valence-corrected chi connectivity index (χ3v) is 3.40. The van der Waals surface area contributed by atoms with Gasteiger partial charge in [0, 0.05) is 44.8 Å². The normalized spacial score (nSPS) is 17.6. The maximum atomic E-state index is 13.6. The Morgan fingerprint density at radius 3 is 2.42 bits per heavy atom. The molecule has 2 rings (SSSR count). The summed E-state index contributed by atoms with van der Waals surface area (Å²) in [5, 5.41) is 0. The van der Waals surface area contributed by atoms with E-state index in [4.69, 9.17) is 18.0 Å². The van der Waals surface area contributed by atoms with Crippen LogP contribution >= 0.6 is 12.2 Å². The number of thiocarbonyl (C=S) groups is 1. The molecular weight excluding hydrogens is 268 g/mol. The zero-order chi connectivity index (χ0) is 13.8. The van der Waals surface area contributed by atoms with Crippen LogP contribution in [0.4, 0.5) is 8.78 Å². The number of benzene rings is 1. The maximum Gasteiger partial charge on any atom is 0.163 e. The molecule has 0 saturated carbocycles. The highest BCUT2D eigenvalue weighted by molar-refractivity contribution is 7.80. The molecule has 0 radical (unpaired) electrons. The topological polar surface area (TPSA) is 32.5 Å². The van der Waals surface area contributed by atoms with Gasteiger partial charge >= 0.3 is 0 Å². The van der Waals surface area contributed by atoms with Crippen LogP contribution in [0.1, 0.15) is 5.56 Å². The number of nitrogens with zero attached hydrogens (tertiary/aromatic N) is 2. The van der Waals surface area contributed by atoms with Crippen LogP contribution in [0.5, 0.6) is 0 Å². The number of rotatable bonds is 4. The molecule has 0 aromatic heterocycles. The predicted molar refractivity (Wildman–Crippen MR) is 74.9 cm³/mol. The lowest BCUT2D eigenvalue weighted by Gasteiger charge is -2.34. The molecule has 0 aliphatic carbocycles. The van der Waals surface area contributed by atoms with Crippen LogP contribution in [0, 0.1) is 11.6 Å². The highest BCUT2D eigenvalue weighted by Gasteiger charge is 2.19. The van der Waals surface area contributed by atoms with Crippen LogP contribution < -0.4 is 5.73 Å². The number of halogens is 2. The Kier molecular flexibility index (Phi) is 4.79. The summed E-state index contributed by atoms with van der Waals surface area (Å²) in [6.45, 7) is 4.35. The lowest BCUT2D eigenvalue weighted by molar-refractivity contribution is 0.139. The molecule has 0 unspecified atom stereocenters. The van der Waals surface area contributed by atoms with Crippen molar-refractivity contribution in [3.63, 3.8) is 0 Å². The van der Waals surface area contributed by atoms with Crippen LogP contribution in [0.15, 0.2) is 18.2 Å². The first-order valence-corrected chi connectivity index (χ1v) is 6.63. The average molecular weight is 285 g/mol. The van der Waals surface area contributed by atoms with Crippen molar-refractivity contribution in [3.8, 4) is 0 Å². The van der Waals surface area contributed by atoms with Crippen molar-refractivity contribution in [1.82, 2.24) is 9.80 Å². The van der Waals surface area contributed by atoms with Gasteiger partial charge in [0.2, 0.25) is 0 Å². The fourth-order valence-electron chi connectivity index (χ4n) is 2.24. The maximum absolute atomic E-state index is 13.6. The van der Waals surface area contributed by atoms with Crippen molar-refractivity contribution in [2.45, 2.75) is 6.54 Å². The smallest absolute Gasteiger partial charge is 0.163 e. The molecule has 1 heterocycles. The van der Waals surface area contributed by atoms with Crippen molar-refractivity contribution in [1.29, 1.82) is 0 Å². The van der Waals surface area contributed by atoms with Crippen molar-refractivity contribution in [2.75, 3.05) is 32.7 Å². The quantitative estimate of drug-likeness (QED) is 0.847. The molecule has 104 valence electrons.